The number of hydrogen-bond acceptors (Lipinski definition) is 8. The third-order valence-corrected chi connectivity index (χ3v) is 8.42. The van der Waals surface area contributed by atoms with Crippen molar-refractivity contribution in [3.8, 4) is 0 Å². The van der Waals surface area contributed by atoms with Crippen molar-refractivity contribution in [2.24, 2.45) is 0 Å². The quantitative estimate of drug-likeness (QED) is 0.145. The number of nitrogens with zero attached hydrogens (tertiary/aromatic N) is 2. The number of nitrogens with one attached hydrogen (secondary N) is 2. The lowest BCUT2D eigenvalue weighted by molar-refractivity contribution is -0.137. The molecule has 4 aromatic rings. The second-order valence-corrected chi connectivity index (χ2v) is 12.0. The van der Waals surface area contributed by atoms with Crippen LogP contribution in [0.3, 0.4) is 0 Å². The third-order valence-electron chi connectivity index (χ3n) is 7.95. The van der Waals surface area contributed by atoms with Crippen LogP contribution in [0.4, 0.5) is 11.4 Å². The summed E-state index contributed by atoms with van der Waals surface area (Å²) in [5.74, 6) is -1.55. The van der Waals surface area contributed by atoms with Crippen LogP contribution >= 0.6 is 23.2 Å². The molecule has 0 saturated carbocycles. The van der Waals surface area contributed by atoms with Crippen molar-refractivity contribution in [3.63, 3.8) is 0 Å². The van der Waals surface area contributed by atoms with E-state index in [-0.39, 0.29) is 0 Å². The van der Waals surface area contributed by atoms with E-state index in [4.69, 9.17) is 32.9 Å². The molecule has 8 nitrogen and oxygen atoms in total. The number of rotatable bonds is 8. The normalized spacial score (nSPS) is 13.7. The van der Waals surface area contributed by atoms with Crippen molar-refractivity contribution < 1.29 is 19.3 Å². The maximum absolute atomic E-state index is 12.4. The van der Waals surface area contributed by atoms with Gasteiger partial charge in [-0.1, -0.05) is 35.3 Å². The Hall–Kier alpha value is -4.92. The average molecular weight is 654 g/mol. The molecule has 2 heterocycles. The van der Waals surface area contributed by atoms with E-state index in [0.29, 0.717) is 21.4 Å². The van der Waals surface area contributed by atoms with Crippen LogP contribution in [-0.2, 0) is 32.1 Å². The van der Waals surface area contributed by atoms with Crippen LogP contribution in [-0.4, -0.2) is 21.9 Å². The Kier molecular flexibility index (Phi) is 9.19. The van der Waals surface area contributed by atoms with Crippen molar-refractivity contribution in [3.05, 3.63) is 128 Å². The summed E-state index contributed by atoms with van der Waals surface area (Å²) in [5.41, 5.74) is 16.4. The van der Waals surface area contributed by atoms with Crippen LogP contribution in [0.15, 0.2) is 73.1 Å². The van der Waals surface area contributed by atoms with Gasteiger partial charge in [-0.25, -0.2) is 20.5 Å². The number of allylic oxidation sites excluding steroid dienone is 2. The molecule has 6 rings (SSSR count). The van der Waals surface area contributed by atoms with E-state index in [2.05, 4.69) is 33.1 Å². The highest BCUT2D eigenvalue weighted by molar-refractivity contribution is 6.31. The lowest BCUT2D eigenvalue weighted by Crippen LogP contribution is -2.12. The van der Waals surface area contributed by atoms with Gasteiger partial charge >= 0.3 is 11.9 Å². The molecule has 0 bridgehead atoms. The maximum atomic E-state index is 12.4. The lowest BCUT2D eigenvalue weighted by atomic mass is 9.90. The number of aryl methyl sites for hydroxylation is 4. The van der Waals surface area contributed by atoms with Crippen LogP contribution in [0, 0.1) is 13.8 Å². The first-order chi connectivity index (χ1) is 22.2. The molecular formula is C36H30Cl2N4O4. The van der Waals surface area contributed by atoms with Crippen molar-refractivity contribution >= 4 is 69.8 Å². The van der Waals surface area contributed by atoms with E-state index in [1.54, 1.807) is 12.4 Å². The Bertz CT molecular complexity index is 1810. The Morgan fingerprint density at radius 1 is 0.674 bits per heavy atom. The number of fused-ring (bicyclic) bond motifs is 2. The van der Waals surface area contributed by atoms with Crippen molar-refractivity contribution in [1.82, 2.24) is 9.97 Å². The molecule has 46 heavy (non-hydrogen) atoms. The summed E-state index contributed by atoms with van der Waals surface area (Å²) < 4.78 is 0. The number of benzene rings is 2. The van der Waals surface area contributed by atoms with Gasteiger partial charge in [0.05, 0.1) is 22.8 Å². The van der Waals surface area contributed by atoms with Gasteiger partial charge in [-0.15, -0.1) is 0 Å². The summed E-state index contributed by atoms with van der Waals surface area (Å²) in [5, 5.41) is 1.37. The number of pyridine rings is 2. The fraction of sp³-hybridized carbons (Fsp3) is 0.167. The number of aromatic nitrogens is 2. The van der Waals surface area contributed by atoms with Gasteiger partial charge in [-0.3, -0.25) is 9.97 Å². The van der Waals surface area contributed by atoms with E-state index < -0.39 is 11.9 Å². The number of anilines is 2. The molecule has 0 aliphatic heterocycles. The minimum absolute atomic E-state index is 0.581. The van der Waals surface area contributed by atoms with Gasteiger partial charge in [-0.2, -0.15) is 0 Å². The molecular weight excluding hydrogens is 623 g/mol. The summed E-state index contributed by atoms with van der Waals surface area (Å²) in [6.07, 6.45) is 13.0. The molecule has 0 unspecified atom stereocenters. The first-order valence-electron chi connectivity index (χ1n) is 14.8. The van der Waals surface area contributed by atoms with E-state index >= 15 is 0 Å². The van der Waals surface area contributed by atoms with Gasteiger partial charge < -0.3 is 9.68 Å². The topological polar surface area (TPSA) is 102 Å². The van der Waals surface area contributed by atoms with Gasteiger partial charge in [0.2, 0.25) is 0 Å². The summed E-state index contributed by atoms with van der Waals surface area (Å²) in [4.78, 5) is 44.3. The van der Waals surface area contributed by atoms with Crippen LogP contribution in [0.1, 0.15) is 57.6 Å². The van der Waals surface area contributed by atoms with Crippen LogP contribution < -0.4 is 11.0 Å². The predicted octanol–water partition coefficient (Wildman–Crippen LogP) is 8.37. The SMILES string of the molecule is Cc1cnc(C2=Cc3cc(Cl)ccc3CC2)cc1NOC(=O)/C=C/C(=O)ONc1cc(C2=Cc3cc(Cl)ccc3CC2)ncc1C. The summed E-state index contributed by atoms with van der Waals surface area (Å²) >= 11 is 12.4. The second kappa shape index (κ2) is 13.6. The van der Waals surface area contributed by atoms with Crippen LogP contribution in [0.25, 0.3) is 23.3 Å². The van der Waals surface area contributed by atoms with E-state index in [1.165, 1.54) is 11.1 Å². The first kappa shape index (κ1) is 31.1. The molecule has 10 heteroatoms. The predicted molar refractivity (Wildman–Crippen MR) is 182 cm³/mol. The Labute approximate surface area is 276 Å². The molecule has 0 fully saturated rings. The Balaban J connectivity index is 1.04. The number of carbonyl (C=O) groups excluding carboxylic acids is 2. The highest BCUT2D eigenvalue weighted by Crippen LogP contribution is 2.34. The zero-order valence-corrected chi connectivity index (χ0v) is 26.7. The molecule has 232 valence electrons. The smallest absolute Gasteiger partial charge is 0.339 e. The van der Waals surface area contributed by atoms with Crippen molar-refractivity contribution in [1.29, 1.82) is 0 Å². The van der Waals surface area contributed by atoms with E-state index in [9.17, 15) is 9.59 Å². The highest BCUT2D eigenvalue weighted by Gasteiger charge is 2.16. The number of halogens is 2. The standard InChI is InChI=1S/C36H30Cl2N4O4/c1-21-19-39-33(25-5-3-23-7-9-29(37)15-27(23)13-25)17-31(21)41-45-35(43)11-12-36(44)46-42-32-18-34(40-20-22(32)2)26-6-4-24-8-10-30(38)16-28(24)14-26/h7-20H,3-6H2,1-2H3,(H,39,41)(H,40,42)/b12-11+. The van der Waals surface area contributed by atoms with Gasteiger partial charge in [-0.05, 0) is 133 Å². The molecule has 2 aromatic heterocycles. The average Bonchev–Trinajstić information content (AvgIpc) is 3.05. The molecule has 2 N–H and O–H groups in total. The van der Waals surface area contributed by atoms with E-state index in [0.717, 1.165) is 82.6 Å². The summed E-state index contributed by atoms with van der Waals surface area (Å²) in [6, 6.07) is 15.4. The molecule has 0 saturated heterocycles. The molecule has 2 aromatic carbocycles. The van der Waals surface area contributed by atoms with Crippen LogP contribution in [0.2, 0.25) is 10.0 Å². The largest absolute Gasteiger partial charge is 0.355 e. The fourth-order valence-electron chi connectivity index (χ4n) is 5.35. The first-order valence-corrected chi connectivity index (χ1v) is 15.5. The molecule has 0 spiro atoms. The van der Waals surface area contributed by atoms with Gasteiger partial charge in [0.15, 0.2) is 0 Å². The Morgan fingerprint density at radius 2 is 1.11 bits per heavy atom. The number of carbonyl (C=O) groups is 2. The molecule has 2 aliphatic rings. The number of hydrogen-bond donors (Lipinski definition) is 2. The summed E-state index contributed by atoms with van der Waals surface area (Å²) in [7, 11) is 0. The third kappa shape index (κ3) is 7.30. The fourth-order valence-corrected chi connectivity index (χ4v) is 5.71. The highest BCUT2D eigenvalue weighted by atomic mass is 35.5. The maximum Gasteiger partial charge on any atom is 0.355 e. The van der Waals surface area contributed by atoms with Crippen molar-refractivity contribution in [2.75, 3.05) is 11.0 Å². The lowest BCUT2D eigenvalue weighted by Gasteiger charge is -2.17. The van der Waals surface area contributed by atoms with Crippen molar-refractivity contribution in [2.45, 2.75) is 39.5 Å². The second-order valence-electron chi connectivity index (χ2n) is 11.2. The van der Waals surface area contributed by atoms with Crippen LogP contribution in [0.5, 0.6) is 0 Å². The van der Waals surface area contributed by atoms with Gasteiger partial charge in [0.1, 0.15) is 0 Å². The summed E-state index contributed by atoms with van der Waals surface area (Å²) in [6.45, 7) is 3.70. The van der Waals surface area contributed by atoms with E-state index in [1.807, 2.05) is 62.4 Å². The zero-order chi connectivity index (χ0) is 32.2. The molecule has 0 radical (unpaired) electrons. The monoisotopic (exact) mass is 652 g/mol. The minimum atomic E-state index is -0.776. The van der Waals surface area contributed by atoms with Gasteiger partial charge in [0.25, 0.3) is 0 Å². The molecule has 0 atom stereocenters. The minimum Gasteiger partial charge on any atom is -0.339 e. The molecule has 2 aliphatic carbocycles. The Morgan fingerprint density at radius 3 is 1.54 bits per heavy atom. The van der Waals surface area contributed by atoms with Gasteiger partial charge in [0, 0.05) is 34.6 Å². The zero-order valence-electron chi connectivity index (χ0n) is 25.2. The molecule has 0 amide bonds.